The van der Waals surface area contributed by atoms with E-state index in [4.69, 9.17) is 5.11 Å². The summed E-state index contributed by atoms with van der Waals surface area (Å²) in [7, 11) is 2.85. The van der Waals surface area contributed by atoms with Gasteiger partial charge in [0.05, 0.1) is 7.11 Å². The third kappa shape index (κ3) is 4.54. The van der Waals surface area contributed by atoms with Crippen molar-refractivity contribution in [1.29, 1.82) is 0 Å². The highest BCUT2D eigenvalue weighted by atomic mass is 16.5. The quantitative estimate of drug-likeness (QED) is 0.677. The van der Waals surface area contributed by atoms with E-state index < -0.39 is 12.1 Å². The van der Waals surface area contributed by atoms with Gasteiger partial charge in [-0.3, -0.25) is 4.79 Å². The first-order valence-corrected chi connectivity index (χ1v) is 3.58. The number of rotatable bonds is 4. The largest absolute Gasteiger partial charge is 0.481 e. The van der Waals surface area contributed by atoms with Crippen LogP contribution in [0.3, 0.4) is 0 Å². The van der Waals surface area contributed by atoms with Crippen LogP contribution in [-0.4, -0.2) is 42.8 Å². The van der Waals surface area contributed by atoms with Crippen LogP contribution in [0.1, 0.15) is 12.8 Å². The van der Waals surface area contributed by atoms with E-state index in [1.807, 2.05) is 0 Å². The zero-order valence-corrected chi connectivity index (χ0v) is 7.24. The van der Waals surface area contributed by atoms with Gasteiger partial charge < -0.3 is 14.7 Å². The molecule has 0 saturated carbocycles. The minimum atomic E-state index is -0.853. The number of hydrogen-bond acceptors (Lipinski definition) is 3. The van der Waals surface area contributed by atoms with Gasteiger partial charge in [-0.1, -0.05) is 0 Å². The molecule has 1 amide bonds. The summed E-state index contributed by atoms with van der Waals surface area (Å²) in [6.45, 7) is 0.402. The van der Waals surface area contributed by atoms with Crippen LogP contribution in [0.15, 0.2) is 0 Å². The van der Waals surface area contributed by atoms with E-state index >= 15 is 0 Å². The van der Waals surface area contributed by atoms with Gasteiger partial charge in [-0.15, -0.1) is 0 Å². The first kappa shape index (κ1) is 10.7. The van der Waals surface area contributed by atoms with Crippen molar-refractivity contribution < 1.29 is 19.4 Å². The van der Waals surface area contributed by atoms with E-state index in [2.05, 4.69) is 4.74 Å². The van der Waals surface area contributed by atoms with Crippen LogP contribution in [-0.2, 0) is 9.53 Å². The summed E-state index contributed by atoms with van der Waals surface area (Å²) in [6.07, 6.45) is 0.0721. The van der Waals surface area contributed by atoms with E-state index in [1.54, 1.807) is 7.05 Å². The van der Waals surface area contributed by atoms with Gasteiger partial charge in [0.15, 0.2) is 0 Å². The van der Waals surface area contributed by atoms with Gasteiger partial charge in [0, 0.05) is 20.0 Å². The molecular weight excluding hydrogens is 162 g/mol. The molecule has 1 N–H and O–H groups in total. The smallest absolute Gasteiger partial charge is 0.409 e. The lowest BCUT2D eigenvalue weighted by Gasteiger charge is -2.13. The molecule has 5 nitrogen and oxygen atoms in total. The Morgan fingerprint density at radius 1 is 1.50 bits per heavy atom. The van der Waals surface area contributed by atoms with Gasteiger partial charge >= 0.3 is 12.1 Å². The Morgan fingerprint density at radius 2 is 2.08 bits per heavy atom. The number of carbonyl (C=O) groups is 2. The van der Waals surface area contributed by atoms with Crippen molar-refractivity contribution >= 4 is 12.1 Å². The van der Waals surface area contributed by atoms with Gasteiger partial charge in [-0.05, 0) is 6.42 Å². The molecule has 0 aromatic heterocycles. The van der Waals surface area contributed by atoms with Crippen molar-refractivity contribution in [3.05, 3.63) is 0 Å². The predicted molar refractivity (Wildman–Crippen MR) is 41.9 cm³/mol. The Labute approximate surface area is 70.9 Å². The van der Waals surface area contributed by atoms with E-state index in [1.165, 1.54) is 12.0 Å². The van der Waals surface area contributed by atoms with Crippen molar-refractivity contribution in [2.45, 2.75) is 12.8 Å². The molecule has 0 bridgehead atoms. The summed E-state index contributed by atoms with van der Waals surface area (Å²) in [5.74, 6) is -0.853. The Balaban J connectivity index is 3.50. The number of hydrogen-bond donors (Lipinski definition) is 1. The number of methoxy groups -OCH3 is 1. The SMILES string of the molecule is COC(=O)N(C)CCCC(=O)O. The van der Waals surface area contributed by atoms with Crippen LogP contribution in [0, 0.1) is 0 Å². The van der Waals surface area contributed by atoms with E-state index in [0.29, 0.717) is 13.0 Å². The second-order valence-corrected chi connectivity index (χ2v) is 2.39. The Kier molecular flexibility index (Phi) is 4.83. The van der Waals surface area contributed by atoms with Gasteiger partial charge in [0.25, 0.3) is 0 Å². The van der Waals surface area contributed by atoms with Gasteiger partial charge in [0.1, 0.15) is 0 Å². The molecule has 12 heavy (non-hydrogen) atoms. The fourth-order valence-corrected chi connectivity index (χ4v) is 0.715. The molecule has 0 aromatic rings. The third-order valence-electron chi connectivity index (χ3n) is 1.37. The van der Waals surface area contributed by atoms with Crippen LogP contribution in [0.2, 0.25) is 0 Å². The number of carbonyl (C=O) groups excluding carboxylic acids is 1. The van der Waals surface area contributed by atoms with Crippen LogP contribution >= 0.6 is 0 Å². The van der Waals surface area contributed by atoms with Gasteiger partial charge in [-0.2, -0.15) is 0 Å². The number of aliphatic carboxylic acids is 1. The maximum Gasteiger partial charge on any atom is 0.409 e. The molecule has 0 aliphatic rings. The molecule has 5 heteroatoms. The summed E-state index contributed by atoms with van der Waals surface area (Å²) in [5, 5.41) is 8.29. The van der Waals surface area contributed by atoms with Crippen LogP contribution in [0.4, 0.5) is 4.79 Å². The van der Waals surface area contributed by atoms with Crippen molar-refractivity contribution in [3.63, 3.8) is 0 Å². The molecule has 0 rings (SSSR count). The molecule has 0 heterocycles. The monoisotopic (exact) mass is 175 g/mol. The number of carboxylic acid groups (broad SMARTS) is 1. The Bertz CT molecular complexity index is 169. The Hall–Kier alpha value is -1.26. The molecule has 0 spiro atoms. The van der Waals surface area contributed by atoms with Crippen molar-refractivity contribution in [3.8, 4) is 0 Å². The van der Waals surface area contributed by atoms with E-state index in [0.717, 1.165) is 0 Å². The third-order valence-corrected chi connectivity index (χ3v) is 1.37. The lowest BCUT2D eigenvalue weighted by atomic mass is 10.3. The number of ether oxygens (including phenoxy) is 1. The van der Waals surface area contributed by atoms with Crippen LogP contribution in [0.5, 0.6) is 0 Å². The van der Waals surface area contributed by atoms with E-state index in [-0.39, 0.29) is 6.42 Å². The molecule has 0 fully saturated rings. The number of carboxylic acids is 1. The second kappa shape index (κ2) is 5.40. The highest BCUT2D eigenvalue weighted by Crippen LogP contribution is 1.94. The highest BCUT2D eigenvalue weighted by Gasteiger charge is 2.07. The number of nitrogens with zero attached hydrogens (tertiary/aromatic N) is 1. The lowest BCUT2D eigenvalue weighted by Crippen LogP contribution is -2.27. The van der Waals surface area contributed by atoms with Crippen LogP contribution < -0.4 is 0 Å². The first-order chi connectivity index (χ1) is 5.57. The molecule has 0 aromatic carbocycles. The van der Waals surface area contributed by atoms with Crippen LogP contribution in [0.25, 0.3) is 0 Å². The van der Waals surface area contributed by atoms with Crippen molar-refractivity contribution in [2.75, 3.05) is 20.7 Å². The normalized spacial score (nSPS) is 9.17. The first-order valence-electron chi connectivity index (χ1n) is 3.58. The molecule has 0 unspecified atom stereocenters. The van der Waals surface area contributed by atoms with Gasteiger partial charge in [0.2, 0.25) is 0 Å². The maximum atomic E-state index is 10.7. The predicted octanol–water partition coefficient (Wildman–Crippen LogP) is 0.549. The Morgan fingerprint density at radius 3 is 2.50 bits per heavy atom. The molecule has 0 saturated heterocycles. The lowest BCUT2D eigenvalue weighted by molar-refractivity contribution is -0.137. The molecule has 0 radical (unpaired) electrons. The van der Waals surface area contributed by atoms with Crippen molar-refractivity contribution in [2.24, 2.45) is 0 Å². The zero-order chi connectivity index (χ0) is 9.56. The standard InChI is InChI=1S/C7H13NO4/c1-8(7(11)12-2)5-3-4-6(9)10/h3-5H2,1-2H3,(H,9,10). The minimum absolute atomic E-state index is 0.0708. The molecule has 0 aliphatic carbocycles. The fraction of sp³-hybridized carbons (Fsp3) is 0.714. The summed E-state index contributed by atoms with van der Waals surface area (Å²) in [5.41, 5.74) is 0. The zero-order valence-electron chi connectivity index (χ0n) is 7.24. The summed E-state index contributed by atoms with van der Waals surface area (Å²) in [6, 6.07) is 0. The number of amides is 1. The topological polar surface area (TPSA) is 66.8 Å². The summed E-state index contributed by atoms with van der Waals surface area (Å²) in [4.78, 5) is 22.2. The van der Waals surface area contributed by atoms with Crippen molar-refractivity contribution in [1.82, 2.24) is 4.90 Å². The molecule has 0 aliphatic heterocycles. The minimum Gasteiger partial charge on any atom is -0.481 e. The fourth-order valence-electron chi connectivity index (χ4n) is 0.715. The second-order valence-electron chi connectivity index (χ2n) is 2.39. The molecular formula is C7H13NO4. The molecule has 0 atom stereocenters. The van der Waals surface area contributed by atoms with E-state index in [9.17, 15) is 9.59 Å². The maximum absolute atomic E-state index is 10.7. The van der Waals surface area contributed by atoms with Gasteiger partial charge in [-0.25, -0.2) is 4.79 Å². The average Bonchev–Trinajstić information content (AvgIpc) is 2.02. The summed E-state index contributed by atoms with van der Waals surface area (Å²) >= 11 is 0. The summed E-state index contributed by atoms with van der Waals surface area (Å²) < 4.78 is 4.41. The average molecular weight is 175 g/mol. The molecule has 70 valence electrons. The highest BCUT2D eigenvalue weighted by molar-refractivity contribution is 5.68.